The van der Waals surface area contributed by atoms with Gasteiger partial charge in [0.05, 0.1) is 12.8 Å². The number of nitrogens with zero attached hydrogens (tertiary/aromatic N) is 1. The molecule has 3 aromatic rings. The summed E-state index contributed by atoms with van der Waals surface area (Å²) in [6.45, 7) is 2.53. The van der Waals surface area contributed by atoms with Crippen molar-refractivity contribution in [3.8, 4) is 5.75 Å². The van der Waals surface area contributed by atoms with Gasteiger partial charge in [-0.3, -0.25) is 9.59 Å². The van der Waals surface area contributed by atoms with Gasteiger partial charge in [0.25, 0.3) is 11.8 Å². The number of aryl methyl sites for hydroxylation is 2. The van der Waals surface area contributed by atoms with Gasteiger partial charge in [0.2, 0.25) is 0 Å². The lowest BCUT2D eigenvalue weighted by atomic mass is 10.1. The summed E-state index contributed by atoms with van der Waals surface area (Å²) < 4.78 is 5.50. The van der Waals surface area contributed by atoms with Crippen molar-refractivity contribution >= 4 is 47.2 Å². The van der Waals surface area contributed by atoms with E-state index >= 15 is 0 Å². The number of halogens is 2. The van der Waals surface area contributed by atoms with Crippen molar-refractivity contribution in [1.29, 1.82) is 0 Å². The van der Waals surface area contributed by atoms with Crippen LogP contribution in [0.15, 0.2) is 60.7 Å². The molecule has 5 nitrogen and oxygen atoms in total. The normalized spacial score (nSPS) is 12.8. The number of methoxy groups -OCH3 is 1. The van der Waals surface area contributed by atoms with Gasteiger partial charge in [-0.1, -0.05) is 29.8 Å². The third-order valence-corrected chi connectivity index (χ3v) is 5.98. The summed E-state index contributed by atoms with van der Waals surface area (Å²) in [5.41, 5.74) is 4.47. The maximum atomic E-state index is 13.4. The molecule has 0 radical (unpaired) electrons. The number of anilines is 2. The second-order valence-electron chi connectivity index (χ2n) is 7.87. The Labute approximate surface area is 205 Å². The Balaban J connectivity index is 0.00000306. The number of nitrogens with one attached hydrogen (secondary N) is 1. The Morgan fingerprint density at radius 2 is 1.82 bits per heavy atom. The van der Waals surface area contributed by atoms with E-state index in [2.05, 4.69) is 5.32 Å². The van der Waals surface area contributed by atoms with E-state index < -0.39 is 0 Å². The first-order valence-corrected chi connectivity index (χ1v) is 11.0. The molecule has 0 aromatic heterocycles. The molecule has 4 rings (SSSR count). The number of carbonyl (C=O) groups is 2. The highest BCUT2D eigenvalue weighted by Gasteiger charge is 2.24. The third-order valence-electron chi connectivity index (χ3n) is 5.74. The maximum Gasteiger partial charge on any atom is 0.258 e. The molecular formula is C26H26Cl2N2O3. The molecule has 0 bridgehead atoms. The second kappa shape index (κ2) is 10.7. The van der Waals surface area contributed by atoms with E-state index in [0.717, 1.165) is 36.1 Å². The molecule has 2 amide bonds. The van der Waals surface area contributed by atoms with Gasteiger partial charge in [-0.2, -0.15) is 0 Å². The minimum absolute atomic E-state index is 0. The van der Waals surface area contributed by atoms with E-state index in [-0.39, 0.29) is 24.2 Å². The highest BCUT2D eigenvalue weighted by Crippen LogP contribution is 2.32. The lowest BCUT2D eigenvalue weighted by Crippen LogP contribution is -2.31. The molecule has 0 aliphatic carbocycles. The predicted octanol–water partition coefficient (Wildman–Crippen LogP) is 6.31. The molecule has 0 saturated carbocycles. The van der Waals surface area contributed by atoms with Crippen LogP contribution in [-0.2, 0) is 6.42 Å². The topological polar surface area (TPSA) is 58.6 Å². The fourth-order valence-electron chi connectivity index (χ4n) is 4.04. The molecule has 0 spiro atoms. The third kappa shape index (κ3) is 5.32. The number of ether oxygens (including phenoxy) is 1. The number of carbonyl (C=O) groups excluding carboxylic acids is 2. The molecule has 1 aliphatic rings. The quantitative estimate of drug-likeness (QED) is 0.471. The number of hydrogen-bond donors (Lipinski definition) is 1. The zero-order valence-corrected chi connectivity index (χ0v) is 20.1. The van der Waals surface area contributed by atoms with Gasteiger partial charge in [-0.25, -0.2) is 0 Å². The minimum Gasteiger partial charge on any atom is -0.495 e. The molecule has 33 heavy (non-hydrogen) atoms. The molecule has 1 N–H and O–H groups in total. The van der Waals surface area contributed by atoms with Gasteiger partial charge in [-0.15, -0.1) is 12.4 Å². The highest BCUT2D eigenvalue weighted by molar-refractivity contribution is 6.30. The van der Waals surface area contributed by atoms with E-state index in [4.69, 9.17) is 16.3 Å². The Morgan fingerprint density at radius 1 is 1.03 bits per heavy atom. The average Bonchev–Trinajstić information content (AvgIpc) is 3.01. The molecule has 1 heterocycles. The molecule has 0 atom stereocenters. The molecule has 7 heteroatoms. The lowest BCUT2D eigenvalue weighted by Gasteiger charge is -2.23. The van der Waals surface area contributed by atoms with Crippen molar-refractivity contribution in [2.45, 2.75) is 26.2 Å². The fourth-order valence-corrected chi connectivity index (χ4v) is 4.23. The van der Waals surface area contributed by atoms with Crippen molar-refractivity contribution in [2.75, 3.05) is 23.9 Å². The Kier molecular flexibility index (Phi) is 8.01. The van der Waals surface area contributed by atoms with Gasteiger partial charge in [0, 0.05) is 28.4 Å². The zero-order valence-electron chi connectivity index (χ0n) is 18.6. The zero-order chi connectivity index (χ0) is 22.7. The fraction of sp³-hybridized carbons (Fsp3) is 0.231. The highest BCUT2D eigenvalue weighted by atomic mass is 35.5. The standard InChI is InChI=1S/C26H25ClN2O3.ClH/c1-17-7-3-4-9-21(17)25(30)28-22-12-10-19(16-24(22)32-2)26(31)29-14-6-5-8-18-15-20(27)11-13-23(18)29;/h3-4,7,9-13,15-16H,5-6,8,14H2,1-2H3,(H,28,30);1H. The number of rotatable bonds is 4. The van der Waals surface area contributed by atoms with Crippen LogP contribution in [0.4, 0.5) is 11.4 Å². The lowest BCUT2D eigenvalue weighted by molar-refractivity contribution is 0.0985. The molecule has 0 fully saturated rings. The van der Waals surface area contributed by atoms with Crippen LogP contribution in [0.3, 0.4) is 0 Å². The smallest absolute Gasteiger partial charge is 0.258 e. The predicted molar refractivity (Wildman–Crippen MR) is 135 cm³/mol. The summed E-state index contributed by atoms with van der Waals surface area (Å²) in [6, 6.07) is 18.2. The van der Waals surface area contributed by atoms with E-state index in [1.807, 2.05) is 43.3 Å². The molecule has 1 aliphatic heterocycles. The van der Waals surface area contributed by atoms with Crippen LogP contribution < -0.4 is 15.0 Å². The minimum atomic E-state index is -0.223. The molecule has 172 valence electrons. The Morgan fingerprint density at radius 3 is 2.58 bits per heavy atom. The van der Waals surface area contributed by atoms with Gasteiger partial charge in [0.1, 0.15) is 5.75 Å². The van der Waals surface area contributed by atoms with E-state index in [9.17, 15) is 9.59 Å². The first kappa shape index (κ1) is 24.6. The van der Waals surface area contributed by atoms with Crippen molar-refractivity contribution in [2.24, 2.45) is 0 Å². The van der Waals surface area contributed by atoms with Crippen molar-refractivity contribution in [3.05, 3.63) is 87.9 Å². The number of amides is 2. The molecule has 0 unspecified atom stereocenters. The summed E-state index contributed by atoms with van der Waals surface area (Å²) in [6.07, 6.45) is 2.82. The van der Waals surface area contributed by atoms with Crippen LogP contribution in [0.5, 0.6) is 5.75 Å². The summed E-state index contributed by atoms with van der Waals surface area (Å²) in [7, 11) is 1.52. The largest absolute Gasteiger partial charge is 0.495 e. The van der Waals surface area contributed by atoms with Gasteiger partial charge in [-0.05, 0) is 79.8 Å². The van der Waals surface area contributed by atoms with Crippen molar-refractivity contribution in [1.82, 2.24) is 0 Å². The van der Waals surface area contributed by atoms with Crippen LogP contribution in [0.25, 0.3) is 0 Å². The first-order chi connectivity index (χ1) is 15.5. The van der Waals surface area contributed by atoms with Crippen LogP contribution in [-0.4, -0.2) is 25.5 Å². The number of benzene rings is 3. The van der Waals surface area contributed by atoms with Crippen molar-refractivity contribution in [3.63, 3.8) is 0 Å². The number of hydrogen-bond acceptors (Lipinski definition) is 3. The van der Waals surface area contributed by atoms with Gasteiger partial charge < -0.3 is 15.0 Å². The SMILES string of the molecule is COc1cc(C(=O)N2CCCCc3cc(Cl)ccc32)ccc1NC(=O)c1ccccc1C.Cl. The van der Waals surface area contributed by atoms with Crippen molar-refractivity contribution < 1.29 is 14.3 Å². The van der Waals surface area contributed by atoms with Gasteiger partial charge in [0.15, 0.2) is 0 Å². The Hall–Kier alpha value is -3.02. The first-order valence-electron chi connectivity index (χ1n) is 10.6. The van der Waals surface area contributed by atoms with Crippen LogP contribution in [0, 0.1) is 6.92 Å². The van der Waals surface area contributed by atoms with Crippen LogP contribution in [0.2, 0.25) is 5.02 Å². The summed E-state index contributed by atoms with van der Waals surface area (Å²) in [4.78, 5) is 27.9. The molecule has 3 aromatic carbocycles. The molecular weight excluding hydrogens is 459 g/mol. The average molecular weight is 485 g/mol. The van der Waals surface area contributed by atoms with E-state index in [1.54, 1.807) is 29.2 Å². The summed E-state index contributed by atoms with van der Waals surface area (Å²) in [5.74, 6) is 0.105. The molecule has 0 saturated heterocycles. The van der Waals surface area contributed by atoms with E-state index in [0.29, 0.717) is 34.1 Å². The van der Waals surface area contributed by atoms with Crippen LogP contribution >= 0.6 is 24.0 Å². The van der Waals surface area contributed by atoms with Crippen LogP contribution in [0.1, 0.15) is 44.7 Å². The Bertz CT molecular complexity index is 1180. The van der Waals surface area contributed by atoms with Gasteiger partial charge >= 0.3 is 0 Å². The summed E-state index contributed by atoms with van der Waals surface area (Å²) >= 11 is 6.17. The maximum absolute atomic E-state index is 13.4. The summed E-state index contributed by atoms with van der Waals surface area (Å²) in [5, 5.41) is 3.57. The second-order valence-corrected chi connectivity index (χ2v) is 8.31. The number of fused-ring (bicyclic) bond motifs is 1. The van der Waals surface area contributed by atoms with E-state index in [1.165, 1.54) is 7.11 Å². The monoisotopic (exact) mass is 484 g/mol.